The highest BCUT2D eigenvalue weighted by molar-refractivity contribution is 14.2. The van der Waals surface area contributed by atoms with Gasteiger partial charge in [-0.2, -0.15) is 11.8 Å². The quantitative estimate of drug-likeness (QED) is 0.141. The summed E-state index contributed by atoms with van der Waals surface area (Å²) < 4.78 is -0.161. The van der Waals surface area contributed by atoms with E-state index >= 15 is 0 Å². The van der Waals surface area contributed by atoms with Crippen LogP contribution in [0.1, 0.15) is 33.1 Å². The number of amides is 3. The van der Waals surface area contributed by atoms with E-state index in [-0.39, 0.29) is 32.6 Å². The Morgan fingerprint density at radius 2 is 1.69 bits per heavy atom. The fraction of sp³-hybridized carbons (Fsp3) is 0.733. The highest BCUT2D eigenvalue weighted by atomic mass is 127. The lowest BCUT2D eigenvalue weighted by Gasteiger charge is -2.18. The first-order valence-electron chi connectivity index (χ1n) is 8.06. The number of halogens is 2. The van der Waals surface area contributed by atoms with Gasteiger partial charge >= 0.3 is 5.97 Å². The molecule has 0 aromatic heterocycles. The number of nitrogens with one attached hydrogen (secondary N) is 3. The summed E-state index contributed by atoms with van der Waals surface area (Å²) in [5.74, 6) is -0.789. The smallest absolute Gasteiger partial charge is 0.303 e. The van der Waals surface area contributed by atoms with E-state index in [4.69, 9.17) is 5.11 Å². The maximum atomic E-state index is 12.2. The molecule has 0 aliphatic heterocycles. The van der Waals surface area contributed by atoms with E-state index in [1.165, 1.54) is 11.8 Å². The summed E-state index contributed by atoms with van der Waals surface area (Å²) in [6.45, 7) is 4.44. The van der Waals surface area contributed by atoms with Crippen LogP contribution >= 0.6 is 56.9 Å². The Kier molecular flexibility index (Phi) is 13.6. The van der Waals surface area contributed by atoms with Crippen molar-refractivity contribution in [1.29, 1.82) is 0 Å². The first kappa shape index (κ1) is 25.7. The molecule has 0 bridgehead atoms. The Morgan fingerprint density at radius 1 is 1.08 bits per heavy atom. The molecule has 26 heavy (non-hydrogen) atoms. The number of hydrogen-bond acceptors (Lipinski definition) is 5. The van der Waals surface area contributed by atoms with Gasteiger partial charge in [0.1, 0.15) is 6.04 Å². The highest BCUT2D eigenvalue weighted by Crippen LogP contribution is 2.30. The van der Waals surface area contributed by atoms with Crippen LogP contribution in [0.5, 0.6) is 0 Å². The normalized spacial score (nSPS) is 12.2. The number of carbonyl (C=O) groups excluding carboxylic acids is 3. The maximum Gasteiger partial charge on any atom is 0.303 e. The molecule has 8 nitrogen and oxygen atoms in total. The molecule has 0 unspecified atom stereocenters. The van der Waals surface area contributed by atoms with E-state index in [9.17, 15) is 19.2 Å². The maximum absolute atomic E-state index is 12.2. The summed E-state index contributed by atoms with van der Waals surface area (Å²) in [5.41, 5.74) is 0. The van der Waals surface area contributed by atoms with Crippen LogP contribution < -0.4 is 16.0 Å². The van der Waals surface area contributed by atoms with Gasteiger partial charge in [0.05, 0.1) is 7.85 Å². The first-order valence-corrected chi connectivity index (χ1v) is 11.4. The molecule has 0 fully saturated rings. The van der Waals surface area contributed by atoms with Gasteiger partial charge in [-0.15, -0.1) is 0 Å². The average molecular weight is 613 g/mol. The van der Waals surface area contributed by atoms with Crippen LogP contribution in [0.2, 0.25) is 0 Å². The van der Waals surface area contributed by atoms with Crippen molar-refractivity contribution in [3.63, 3.8) is 0 Å². The molecule has 1 atom stereocenters. The molecular formula is C15H25I2N3O5S. The van der Waals surface area contributed by atoms with E-state index in [1.807, 2.05) is 13.8 Å². The molecule has 0 rings (SSSR count). The third-order valence-electron chi connectivity index (χ3n) is 2.92. The van der Waals surface area contributed by atoms with Crippen molar-refractivity contribution in [2.45, 2.75) is 40.6 Å². The molecule has 150 valence electrons. The zero-order chi connectivity index (χ0) is 20.2. The monoisotopic (exact) mass is 613 g/mol. The van der Waals surface area contributed by atoms with Gasteiger partial charge in [0.15, 0.2) is 0 Å². The molecule has 0 aromatic carbocycles. The second kappa shape index (κ2) is 13.8. The Hall–Kier alpha value is -0.310. The summed E-state index contributed by atoms with van der Waals surface area (Å²) in [4.78, 5) is 46.2. The van der Waals surface area contributed by atoms with Gasteiger partial charge < -0.3 is 21.1 Å². The lowest BCUT2D eigenvalue weighted by Crippen LogP contribution is -2.49. The van der Waals surface area contributed by atoms with Crippen molar-refractivity contribution < 1.29 is 24.3 Å². The second-order valence-corrected chi connectivity index (χ2v) is 13.7. The van der Waals surface area contributed by atoms with Crippen molar-refractivity contribution in [1.82, 2.24) is 16.0 Å². The molecule has 0 aliphatic carbocycles. The zero-order valence-electron chi connectivity index (χ0n) is 14.8. The molecular weight excluding hydrogens is 588 g/mol. The van der Waals surface area contributed by atoms with Crippen LogP contribution in [-0.4, -0.2) is 60.9 Å². The fourth-order valence-corrected chi connectivity index (χ4v) is 3.16. The van der Waals surface area contributed by atoms with Gasteiger partial charge in [-0.05, 0) is 12.7 Å². The van der Waals surface area contributed by atoms with Crippen molar-refractivity contribution in [3.8, 4) is 0 Å². The van der Waals surface area contributed by atoms with Crippen LogP contribution in [0.4, 0.5) is 0 Å². The van der Waals surface area contributed by atoms with Crippen molar-refractivity contribution in [3.05, 3.63) is 0 Å². The lowest BCUT2D eigenvalue weighted by atomic mass is 10.2. The molecule has 0 saturated heterocycles. The minimum absolute atomic E-state index is 0.0920. The number of carboxylic acids is 1. The van der Waals surface area contributed by atoms with Crippen LogP contribution in [-0.2, 0) is 19.2 Å². The van der Waals surface area contributed by atoms with Crippen LogP contribution in [0.15, 0.2) is 0 Å². The summed E-state index contributed by atoms with van der Waals surface area (Å²) in [7, 11) is 0. The molecule has 3 amide bonds. The van der Waals surface area contributed by atoms with Gasteiger partial charge in [0.2, 0.25) is 17.7 Å². The summed E-state index contributed by atoms with van der Waals surface area (Å²) in [6, 6.07) is -0.732. The Balaban J connectivity index is 4.31. The molecule has 0 saturated carbocycles. The number of hydrogen-bond donors (Lipinski definition) is 4. The highest BCUT2D eigenvalue weighted by Gasteiger charge is 2.21. The predicted octanol–water partition coefficient (Wildman–Crippen LogP) is 1.30. The van der Waals surface area contributed by atoms with Gasteiger partial charge in [-0.25, -0.2) is 0 Å². The first-order chi connectivity index (χ1) is 12.0. The third kappa shape index (κ3) is 14.8. The van der Waals surface area contributed by atoms with Gasteiger partial charge in [0.25, 0.3) is 0 Å². The molecule has 4 N–H and O–H groups in total. The zero-order valence-corrected chi connectivity index (χ0v) is 19.9. The summed E-state index contributed by atoms with van der Waals surface area (Å²) in [5, 5.41) is 16.6. The topological polar surface area (TPSA) is 125 Å². The Labute approximate surface area is 185 Å². The van der Waals surface area contributed by atoms with Crippen molar-refractivity contribution >= 4 is 80.6 Å². The van der Waals surface area contributed by atoms with Gasteiger partial charge in [-0.1, -0.05) is 52.1 Å². The standard InChI is InChI=1S/C15H25I2N3O5S/c1-3-26-9-10(20-11(21)4-5-13(23)24)14(25)19-7-6-18-12(22)8-15(2,16)17/h10H,3-9H2,1-2H3,(H,18,22)(H,19,25)(H,20,21)(H,23,24)/t10-/m0/s1. The molecule has 0 aromatic rings. The number of aliphatic carboxylic acids is 1. The molecule has 0 radical (unpaired) electrons. The number of thioether (sulfide) groups is 1. The van der Waals surface area contributed by atoms with Crippen LogP contribution in [0, 0.1) is 0 Å². The number of rotatable bonds is 13. The van der Waals surface area contributed by atoms with Crippen LogP contribution in [0.3, 0.4) is 0 Å². The van der Waals surface area contributed by atoms with E-state index in [1.54, 1.807) is 0 Å². The number of alkyl halides is 2. The SMILES string of the molecule is CCSC[C@H](NC(=O)CCC(=O)O)C(=O)NCCNC(=O)CC(C)(I)I. The van der Waals surface area contributed by atoms with Crippen molar-refractivity contribution in [2.75, 3.05) is 24.6 Å². The fourth-order valence-electron chi connectivity index (χ4n) is 1.76. The van der Waals surface area contributed by atoms with E-state index in [0.29, 0.717) is 18.7 Å². The predicted molar refractivity (Wildman–Crippen MR) is 119 cm³/mol. The third-order valence-corrected chi connectivity index (χ3v) is 4.66. The van der Waals surface area contributed by atoms with Gasteiger partial charge in [0, 0.05) is 31.7 Å². The van der Waals surface area contributed by atoms with Crippen molar-refractivity contribution in [2.24, 2.45) is 0 Å². The molecule has 0 aliphatic rings. The average Bonchev–Trinajstić information content (AvgIpc) is 2.51. The Bertz CT molecular complexity index is 500. The molecule has 11 heteroatoms. The lowest BCUT2D eigenvalue weighted by molar-refractivity contribution is -0.139. The minimum atomic E-state index is -1.06. The minimum Gasteiger partial charge on any atom is -0.481 e. The van der Waals surface area contributed by atoms with Crippen LogP contribution in [0.25, 0.3) is 0 Å². The number of carboxylic acid groups (broad SMARTS) is 1. The summed E-state index contributed by atoms with van der Waals surface area (Å²) in [6.07, 6.45) is -0.0749. The molecule has 0 spiro atoms. The largest absolute Gasteiger partial charge is 0.481 e. The second-order valence-electron chi connectivity index (χ2n) is 5.56. The van der Waals surface area contributed by atoms with E-state index in [2.05, 4.69) is 61.1 Å². The van der Waals surface area contributed by atoms with E-state index < -0.39 is 17.9 Å². The van der Waals surface area contributed by atoms with Gasteiger partial charge in [-0.3, -0.25) is 19.2 Å². The molecule has 0 heterocycles. The number of carbonyl (C=O) groups is 4. The Morgan fingerprint density at radius 3 is 2.23 bits per heavy atom. The van der Waals surface area contributed by atoms with E-state index in [0.717, 1.165) is 5.75 Å². The summed E-state index contributed by atoms with van der Waals surface area (Å²) >= 11 is 5.86.